The fourth-order valence-corrected chi connectivity index (χ4v) is 2.39. The van der Waals surface area contributed by atoms with Gasteiger partial charge in [-0.15, -0.1) is 19.3 Å². The van der Waals surface area contributed by atoms with E-state index in [9.17, 15) is 0 Å². The second-order valence-corrected chi connectivity index (χ2v) is 6.38. The first-order chi connectivity index (χ1) is 11.9. The van der Waals surface area contributed by atoms with E-state index in [2.05, 4.69) is 45.5 Å². The summed E-state index contributed by atoms with van der Waals surface area (Å²) in [4.78, 5) is 0. The van der Waals surface area contributed by atoms with E-state index < -0.39 is 0 Å². The van der Waals surface area contributed by atoms with E-state index in [1.54, 1.807) is 12.1 Å². The minimum atomic E-state index is 0.0314. The predicted molar refractivity (Wildman–Crippen MR) is 102 cm³/mol. The van der Waals surface area contributed by atoms with E-state index in [4.69, 9.17) is 33.5 Å². The zero-order valence-electron chi connectivity index (χ0n) is 15.5. The summed E-state index contributed by atoms with van der Waals surface area (Å²) in [5, 5.41) is 0. The van der Waals surface area contributed by atoms with Crippen molar-refractivity contribution in [2.24, 2.45) is 5.41 Å². The molecule has 0 aliphatic heterocycles. The summed E-state index contributed by atoms with van der Waals surface area (Å²) in [6.45, 7) is 9.17. The Balaban J connectivity index is 3.48. The molecule has 0 heterocycles. The van der Waals surface area contributed by atoms with Crippen molar-refractivity contribution in [2.75, 3.05) is 19.8 Å². The first-order valence-corrected chi connectivity index (χ1v) is 8.28. The van der Waals surface area contributed by atoms with E-state index in [1.165, 1.54) is 0 Å². The Hall–Kier alpha value is -2.70. The maximum atomic E-state index is 5.79. The lowest BCUT2D eigenvalue weighted by Gasteiger charge is -2.33. The predicted octanol–water partition coefficient (Wildman–Crippen LogP) is 4.26. The first-order valence-electron chi connectivity index (χ1n) is 8.28. The van der Waals surface area contributed by atoms with Gasteiger partial charge in [0.1, 0.15) is 37.1 Å². The Labute approximate surface area is 152 Å². The normalized spacial score (nSPS) is 11.6. The van der Waals surface area contributed by atoms with Gasteiger partial charge >= 0.3 is 0 Å². The van der Waals surface area contributed by atoms with Crippen molar-refractivity contribution in [3.8, 4) is 54.3 Å². The highest BCUT2D eigenvalue weighted by molar-refractivity contribution is 5.53. The van der Waals surface area contributed by atoms with Crippen LogP contribution >= 0.6 is 0 Å². The summed E-state index contributed by atoms with van der Waals surface area (Å²) < 4.78 is 17.1. The molecule has 3 nitrogen and oxygen atoms in total. The summed E-state index contributed by atoms with van der Waals surface area (Å²) in [6.07, 6.45) is 17.0. The Bertz CT molecular complexity index is 656. The summed E-state index contributed by atoms with van der Waals surface area (Å²) in [5.41, 5.74) is 0.967. The van der Waals surface area contributed by atoms with E-state index in [0.717, 1.165) is 12.0 Å². The van der Waals surface area contributed by atoms with Crippen LogP contribution in [0, 0.1) is 42.4 Å². The van der Waals surface area contributed by atoms with Crippen LogP contribution in [0.1, 0.15) is 45.6 Å². The molecule has 0 radical (unpaired) electrons. The lowest BCUT2D eigenvalue weighted by molar-refractivity contribution is 0.264. The van der Waals surface area contributed by atoms with Crippen LogP contribution in [0.25, 0.3) is 0 Å². The number of hydrogen-bond donors (Lipinski definition) is 0. The van der Waals surface area contributed by atoms with Crippen LogP contribution < -0.4 is 14.2 Å². The number of rotatable bonds is 9. The fourth-order valence-electron chi connectivity index (χ4n) is 2.39. The summed E-state index contributed by atoms with van der Waals surface area (Å²) in [7, 11) is 0. The largest absolute Gasteiger partial charge is 0.481 e. The van der Waals surface area contributed by atoms with Gasteiger partial charge in [0, 0.05) is 17.7 Å². The van der Waals surface area contributed by atoms with Crippen LogP contribution in [0.2, 0.25) is 0 Å². The first kappa shape index (κ1) is 20.3. The van der Waals surface area contributed by atoms with Crippen molar-refractivity contribution >= 4 is 0 Å². The van der Waals surface area contributed by atoms with Gasteiger partial charge in [-0.25, -0.2) is 0 Å². The molecule has 0 saturated carbocycles. The highest BCUT2D eigenvalue weighted by Crippen LogP contribution is 2.47. The van der Waals surface area contributed by atoms with Gasteiger partial charge in [0.2, 0.25) is 0 Å². The smallest absolute Gasteiger partial charge is 0.148 e. The van der Waals surface area contributed by atoms with Crippen LogP contribution in [0.4, 0.5) is 0 Å². The molecule has 1 aromatic rings. The van der Waals surface area contributed by atoms with E-state index in [1.807, 2.05) is 0 Å². The van der Waals surface area contributed by atoms with Crippen LogP contribution in [0.3, 0.4) is 0 Å². The van der Waals surface area contributed by atoms with Crippen LogP contribution in [-0.4, -0.2) is 19.8 Å². The van der Waals surface area contributed by atoms with Crippen molar-refractivity contribution < 1.29 is 14.2 Å². The molecule has 132 valence electrons. The molecule has 0 aliphatic carbocycles. The third-order valence-corrected chi connectivity index (χ3v) is 4.54. The third kappa shape index (κ3) is 5.41. The topological polar surface area (TPSA) is 27.7 Å². The van der Waals surface area contributed by atoms with Crippen molar-refractivity contribution in [3.05, 3.63) is 17.7 Å². The molecule has 25 heavy (non-hydrogen) atoms. The molecule has 0 fully saturated rings. The zero-order chi connectivity index (χ0) is 18.9. The Kier molecular flexibility index (Phi) is 7.78. The summed E-state index contributed by atoms with van der Waals surface area (Å²) >= 11 is 0. The molecule has 1 rings (SSSR count). The highest BCUT2D eigenvalue weighted by atomic mass is 16.5. The maximum absolute atomic E-state index is 5.79. The van der Waals surface area contributed by atoms with Gasteiger partial charge in [-0.2, -0.15) is 0 Å². The Morgan fingerprint density at radius 1 is 0.920 bits per heavy atom. The quantitative estimate of drug-likeness (QED) is 0.630. The van der Waals surface area contributed by atoms with Gasteiger partial charge in [0.25, 0.3) is 0 Å². The van der Waals surface area contributed by atoms with Crippen molar-refractivity contribution in [1.29, 1.82) is 0 Å². The molecule has 0 bridgehead atoms. The average Bonchev–Trinajstić information content (AvgIpc) is 2.61. The molecule has 3 heteroatoms. The van der Waals surface area contributed by atoms with Gasteiger partial charge in [-0.3, -0.25) is 0 Å². The lowest BCUT2D eigenvalue weighted by atomic mass is 9.73. The maximum Gasteiger partial charge on any atom is 0.148 e. The summed E-state index contributed by atoms with van der Waals surface area (Å²) in [6, 6.07) is 3.60. The van der Waals surface area contributed by atoms with Gasteiger partial charge in [-0.1, -0.05) is 51.9 Å². The monoisotopic (exact) mass is 338 g/mol. The Morgan fingerprint density at radius 3 is 1.76 bits per heavy atom. The molecule has 0 spiro atoms. The minimum absolute atomic E-state index is 0.0314. The number of ether oxygens (including phenoxy) is 3. The van der Waals surface area contributed by atoms with Crippen LogP contribution in [-0.2, 0) is 0 Å². The van der Waals surface area contributed by atoms with Crippen molar-refractivity contribution in [1.82, 2.24) is 0 Å². The molecule has 0 aliphatic rings. The van der Waals surface area contributed by atoms with Gasteiger partial charge in [-0.05, 0) is 11.3 Å². The molecule has 1 aromatic carbocycles. The molecule has 0 aromatic heterocycles. The number of terminal acetylenes is 3. The van der Waals surface area contributed by atoms with E-state index in [-0.39, 0.29) is 31.2 Å². The zero-order valence-corrected chi connectivity index (χ0v) is 15.5. The second-order valence-electron chi connectivity index (χ2n) is 6.38. The number of benzene rings is 1. The molecule has 1 atom stereocenters. The van der Waals surface area contributed by atoms with Crippen molar-refractivity contribution in [3.63, 3.8) is 0 Å². The minimum Gasteiger partial charge on any atom is -0.481 e. The SMILES string of the molecule is C#CCOc1cc(OCC#C)c(C(C)C(C)(C)CC)c(OCC#C)c1. The molecular weight excluding hydrogens is 312 g/mol. The van der Waals surface area contributed by atoms with Crippen LogP contribution in [0.15, 0.2) is 12.1 Å². The van der Waals surface area contributed by atoms with Gasteiger partial charge in [0.15, 0.2) is 0 Å². The molecule has 0 saturated heterocycles. The third-order valence-electron chi connectivity index (χ3n) is 4.54. The second kappa shape index (κ2) is 9.56. The van der Waals surface area contributed by atoms with E-state index >= 15 is 0 Å². The van der Waals surface area contributed by atoms with Crippen molar-refractivity contribution in [2.45, 2.75) is 40.0 Å². The number of hydrogen-bond acceptors (Lipinski definition) is 3. The standard InChI is InChI=1S/C22H26O3/c1-8-12-23-18-15-19(24-13-9-2)21(17(5)22(6,7)11-4)20(16-18)25-14-10-3/h1-3,15-17H,11-14H2,4-7H3. The van der Waals surface area contributed by atoms with Gasteiger partial charge < -0.3 is 14.2 Å². The summed E-state index contributed by atoms with van der Waals surface area (Å²) in [5.74, 6) is 9.40. The van der Waals surface area contributed by atoms with E-state index in [0.29, 0.717) is 17.2 Å². The molecule has 0 N–H and O–H groups in total. The lowest BCUT2D eigenvalue weighted by Crippen LogP contribution is -2.20. The molecule has 0 amide bonds. The highest BCUT2D eigenvalue weighted by Gasteiger charge is 2.31. The molecular formula is C22H26O3. The fraction of sp³-hybridized carbons (Fsp3) is 0.455. The van der Waals surface area contributed by atoms with Crippen LogP contribution in [0.5, 0.6) is 17.2 Å². The Morgan fingerprint density at radius 2 is 1.36 bits per heavy atom. The van der Waals surface area contributed by atoms with Gasteiger partial charge in [0.05, 0.1) is 0 Å². The average molecular weight is 338 g/mol. The molecule has 1 unspecified atom stereocenters.